The van der Waals surface area contributed by atoms with Gasteiger partial charge in [0.15, 0.2) is 0 Å². The molecular formula is C30H43N5. The lowest BCUT2D eigenvalue weighted by atomic mass is 9.98. The number of aliphatic imine (C=N–C) groups is 2. The van der Waals surface area contributed by atoms with E-state index < -0.39 is 0 Å². The number of fused-ring (bicyclic) bond motifs is 2. The molecule has 35 heavy (non-hydrogen) atoms. The number of allylic oxidation sites excluding steroid dienone is 4. The van der Waals surface area contributed by atoms with Crippen LogP contribution >= 0.6 is 0 Å². The molecule has 2 unspecified atom stereocenters. The molecule has 0 radical (unpaired) electrons. The summed E-state index contributed by atoms with van der Waals surface area (Å²) in [7, 11) is 0. The van der Waals surface area contributed by atoms with Crippen molar-refractivity contribution >= 4 is 28.5 Å². The van der Waals surface area contributed by atoms with Gasteiger partial charge in [0.05, 0.1) is 34.6 Å². The van der Waals surface area contributed by atoms with Crippen LogP contribution in [0.2, 0.25) is 0 Å². The second-order valence-electron chi connectivity index (χ2n) is 10.5. The van der Waals surface area contributed by atoms with Crippen LogP contribution in [0.5, 0.6) is 0 Å². The van der Waals surface area contributed by atoms with E-state index in [-0.39, 0.29) is 0 Å². The van der Waals surface area contributed by atoms with Crippen molar-refractivity contribution in [3.63, 3.8) is 0 Å². The van der Waals surface area contributed by atoms with Gasteiger partial charge in [-0.3, -0.25) is 9.98 Å². The predicted octanol–water partition coefficient (Wildman–Crippen LogP) is 7.13. The van der Waals surface area contributed by atoms with Gasteiger partial charge in [-0.25, -0.2) is 4.99 Å². The predicted molar refractivity (Wildman–Crippen MR) is 151 cm³/mol. The van der Waals surface area contributed by atoms with E-state index in [2.05, 4.69) is 87.1 Å². The summed E-state index contributed by atoms with van der Waals surface area (Å²) in [5, 5.41) is 4.92. The van der Waals surface area contributed by atoms with Gasteiger partial charge in [-0.1, -0.05) is 31.9 Å². The Morgan fingerprint density at radius 3 is 2.60 bits per heavy atom. The number of nitrogens with one attached hydrogen (secondary N) is 1. The quantitative estimate of drug-likeness (QED) is 0.428. The zero-order valence-electron chi connectivity index (χ0n) is 22.6. The minimum absolute atomic E-state index is 0.363. The maximum absolute atomic E-state index is 5.18. The third-order valence-corrected chi connectivity index (χ3v) is 7.09. The summed E-state index contributed by atoms with van der Waals surface area (Å²) in [5.41, 5.74) is 8.05. The average Bonchev–Trinajstić information content (AvgIpc) is 3.66. The SMILES string of the molecule is CCCC1Nc2cc(cc(=NC3CC3)c(N=C3CCCN=C3C)c2)N(C(C)=CC=C(C)C)C1CC. The van der Waals surface area contributed by atoms with Crippen LogP contribution in [0.1, 0.15) is 86.5 Å². The molecule has 1 aromatic carbocycles. The lowest BCUT2D eigenvalue weighted by Gasteiger charge is -2.37. The summed E-state index contributed by atoms with van der Waals surface area (Å²) in [6.45, 7) is 14.1. The standard InChI is InChI=1S/C30H43N5/c1-7-10-27-30(8-2)35(21(5)13-12-20(3)4)25-17-24(33-27)18-28(29(19-25)32-23-14-15-23)34-26-11-9-16-31-22(26)6/h12-13,17-19,23,27,30,33H,7-11,14-16H2,1-6H3. The van der Waals surface area contributed by atoms with Crippen LogP contribution < -0.4 is 15.6 Å². The van der Waals surface area contributed by atoms with Crippen molar-refractivity contribution in [2.24, 2.45) is 15.0 Å². The fourth-order valence-corrected chi connectivity index (χ4v) is 5.10. The highest BCUT2D eigenvalue weighted by atomic mass is 15.2. The van der Waals surface area contributed by atoms with Crippen LogP contribution in [0.15, 0.2) is 56.6 Å². The smallest absolute Gasteiger partial charge is 0.0907 e. The molecule has 1 fully saturated rings. The summed E-state index contributed by atoms with van der Waals surface area (Å²) in [6.07, 6.45) is 12.2. The fourth-order valence-electron chi connectivity index (χ4n) is 5.10. The molecule has 188 valence electrons. The third-order valence-electron chi connectivity index (χ3n) is 7.09. The van der Waals surface area contributed by atoms with Crippen LogP contribution in [-0.4, -0.2) is 36.1 Å². The van der Waals surface area contributed by atoms with Crippen molar-refractivity contribution in [3.8, 4) is 0 Å². The van der Waals surface area contributed by atoms with Crippen molar-refractivity contribution in [1.29, 1.82) is 0 Å². The molecule has 4 rings (SSSR count). The Kier molecular flexibility index (Phi) is 8.25. The average molecular weight is 474 g/mol. The van der Waals surface area contributed by atoms with Crippen molar-refractivity contribution in [1.82, 2.24) is 0 Å². The first-order valence-electron chi connectivity index (χ1n) is 13.6. The minimum Gasteiger partial charge on any atom is -0.380 e. The maximum atomic E-state index is 5.18. The topological polar surface area (TPSA) is 52.4 Å². The van der Waals surface area contributed by atoms with Crippen LogP contribution in [0.4, 0.5) is 17.1 Å². The van der Waals surface area contributed by atoms with E-state index in [0.29, 0.717) is 18.1 Å². The van der Waals surface area contributed by atoms with Gasteiger partial charge in [-0.15, -0.1) is 0 Å². The molecule has 0 amide bonds. The first-order chi connectivity index (χ1) is 16.9. The van der Waals surface area contributed by atoms with E-state index in [9.17, 15) is 0 Å². The molecule has 0 spiro atoms. The molecule has 5 nitrogen and oxygen atoms in total. The van der Waals surface area contributed by atoms with E-state index in [1.807, 2.05) is 0 Å². The summed E-state index contributed by atoms with van der Waals surface area (Å²) < 4.78 is 0. The molecular weight excluding hydrogens is 430 g/mol. The van der Waals surface area contributed by atoms with Gasteiger partial charge in [-0.05, 0) is 90.5 Å². The van der Waals surface area contributed by atoms with Gasteiger partial charge in [0, 0.05) is 29.7 Å². The van der Waals surface area contributed by atoms with Gasteiger partial charge >= 0.3 is 0 Å². The van der Waals surface area contributed by atoms with E-state index in [1.54, 1.807) is 0 Å². The molecule has 1 saturated carbocycles. The van der Waals surface area contributed by atoms with E-state index >= 15 is 0 Å². The first kappa shape index (κ1) is 25.4. The number of nitrogens with zero attached hydrogens (tertiary/aromatic N) is 4. The van der Waals surface area contributed by atoms with Gasteiger partial charge in [0.25, 0.3) is 0 Å². The molecule has 2 bridgehead atoms. The minimum atomic E-state index is 0.363. The van der Waals surface area contributed by atoms with Crippen LogP contribution in [0, 0.1) is 0 Å². The number of hydrogen-bond acceptors (Lipinski definition) is 5. The lowest BCUT2D eigenvalue weighted by molar-refractivity contribution is 0.492. The second-order valence-corrected chi connectivity index (χ2v) is 10.5. The molecule has 0 saturated heterocycles. The zero-order chi connectivity index (χ0) is 24.9. The monoisotopic (exact) mass is 473 g/mol. The Labute approximate surface area is 211 Å². The summed E-state index contributed by atoms with van der Waals surface area (Å²) in [6, 6.07) is 7.98. The Morgan fingerprint density at radius 2 is 1.94 bits per heavy atom. The highest BCUT2D eigenvalue weighted by molar-refractivity contribution is 6.42. The van der Waals surface area contributed by atoms with Crippen LogP contribution in [0.25, 0.3) is 0 Å². The summed E-state index contributed by atoms with van der Waals surface area (Å²) >= 11 is 0. The molecule has 2 atom stereocenters. The highest BCUT2D eigenvalue weighted by Crippen LogP contribution is 2.34. The van der Waals surface area contributed by atoms with E-state index in [1.165, 1.54) is 29.8 Å². The lowest BCUT2D eigenvalue weighted by Crippen LogP contribution is -2.45. The summed E-state index contributed by atoms with van der Waals surface area (Å²) in [5.74, 6) is 0. The molecule has 1 aliphatic carbocycles. The fraction of sp³-hybridized carbons (Fsp3) is 0.567. The second kappa shape index (κ2) is 11.4. The molecule has 0 aromatic heterocycles. The number of anilines is 2. The van der Waals surface area contributed by atoms with Crippen molar-refractivity contribution < 1.29 is 0 Å². The third kappa shape index (κ3) is 6.31. The molecule has 5 heteroatoms. The Morgan fingerprint density at radius 1 is 1.14 bits per heavy atom. The van der Waals surface area contributed by atoms with Gasteiger partial charge in [0.1, 0.15) is 0 Å². The van der Waals surface area contributed by atoms with Gasteiger partial charge in [-0.2, -0.15) is 0 Å². The van der Waals surface area contributed by atoms with Crippen molar-refractivity contribution in [2.45, 2.75) is 105 Å². The molecule has 3 aliphatic rings. The molecule has 2 heterocycles. The highest BCUT2D eigenvalue weighted by Gasteiger charge is 2.30. The molecule has 1 N–H and O–H groups in total. The molecule has 2 aliphatic heterocycles. The number of rotatable bonds is 7. The largest absolute Gasteiger partial charge is 0.380 e. The van der Waals surface area contributed by atoms with Crippen molar-refractivity contribution in [3.05, 3.63) is 47.0 Å². The maximum Gasteiger partial charge on any atom is 0.0907 e. The normalized spacial score (nSPS) is 24.1. The summed E-state index contributed by atoms with van der Waals surface area (Å²) in [4.78, 5) is 17.5. The van der Waals surface area contributed by atoms with Crippen molar-refractivity contribution in [2.75, 3.05) is 16.8 Å². The van der Waals surface area contributed by atoms with E-state index in [4.69, 9.17) is 9.98 Å². The Hall–Kier alpha value is -2.69. The zero-order valence-corrected chi connectivity index (χ0v) is 22.6. The first-order valence-corrected chi connectivity index (χ1v) is 13.6. The molecule has 1 aromatic rings. The Balaban J connectivity index is 1.93. The number of hydrogen-bond donors (Lipinski definition) is 1. The van der Waals surface area contributed by atoms with Gasteiger partial charge < -0.3 is 10.2 Å². The van der Waals surface area contributed by atoms with Crippen LogP contribution in [-0.2, 0) is 0 Å². The Bertz CT molecular complexity index is 1120. The van der Waals surface area contributed by atoms with E-state index in [0.717, 1.165) is 66.8 Å². The van der Waals surface area contributed by atoms with Crippen LogP contribution in [0.3, 0.4) is 0 Å². The van der Waals surface area contributed by atoms with Gasteiger partial charge in [0.2, 0.25) is 0 Å².